The Morgan fingerprint density at radius 3 is 2.47 bits per heavy atom. The van der Waals surface area contributed by atoms with Crippen LogP contribution in [-0.4, -0.2) is 68.3 Å². The second kappa shape index (κ2) is 6.50. The zero-order valence-corrected chi connectivity index (χ0v) is 11.2. The summed E-state index contributed by atoms with van der Waals surface area (Å²) in [5, 5.41) is 6.81. The SMILES string of the molecule is C/C=C(/CN1CCNC1)C(C)N1CCNCC1. The lowest BCUT2D eigenvalue weighted by Crippen LogP contribution is -2.49. The number of nitrogens with zero attached hydrogens (tertiary/aromatic N) is 2. The summed E-state index contributed by atoms with van der Waals surface area (Å²) in [7, 11) is 0. The maximum Gasteiger partial charge on any atom is 0.0484 e. The minimum Gasteiger partial charge on any atom is -0.314 e. The number of allylic oxidation sites excluding steroid dienone is 1. The van der Waals surface area contributed by atoms with Crippen LogP contribution < -0.4 is 10.6 Å². The second-order valence-electron chi connectivity index (χ2n) is 5.04. The van der Waals surface area contributed by atoms with Crippen molar-refractivity contribution in [3.8, 4) is 0 Å². The molecule has 98 valence electrons. The fraction of sp³-hybridized carbons (Fsp3) is 0.846. The van der Waals surface area contributed by atoms with Crippen LogP contribution in [0.4, 0.5) is 0 Å². The summed E-state index contributed by atoms with van der Waals surface area (Å²) >= 11 is 0. The van der Waals surface area contributed by atoms with Crippen molar-refractivity contribution in [3.05, 3.63) is 11.6 Å². The molecule has 0 bridgehead atoms. The molecule has 0 aromatic rings. The largest absolute Gasteiger partial charge is 0.314 e. The summed E-state index contributed by atoms with van der Waals surface area (Å²) in [6.45, 7) is 13.6. The number of piperazine rings is 1. The van der Waals surface area contributed by atoms with Crippen molar-refractivity contribution < 1.29 is 0 Å². The molecule has 2 aliphatic rings. The van der Waals surface area contributed by atoms with E-state index >= 15 is 0 Å². The Hall–Kier alpha value is -0.420. The van der Waals surface area contributed by atoms with Crippen molar-refractivity contribution in [1.29, 1.82) is 0 Å². The quantitative estimate of drug-likeness (QED) is 0.680. The highest BCUT2D eigenvalue weighted by Gasteiger charge is 2.21. The van der Waals surface area contributed by atoms with Gasteiger partial charge in [-0.1, -0.05) is 6.08 Å². The normalized spacial score (nSPS) is 26.4. The minimum absolute atomic E-state index is 0.586. The van der Waals surface area contributed by atoms with Gasteiger partial charge < -0.3 is 10.6 Å². The highest BCUT2D eigenvalue weighted by molar-refractivity contribution is 5.12. The molecule has 1 unspecified atom stereocenters. The van der Waals surface area contributed by atoms with Crippen LogP contribution in [0.25, 0.3) is 0 Å². The van der Waals surface area contributed by atoms with Crippen LogP contribution >= 0.6 is 0 Å². The summed E-state index contributed by atoms with van der Waals surface area (Å²) < 4.78 is 0. The zero-order valence-electron chi connectivity index (χ0n) is 11.2. The van der Waals surface area contributed by atoms with Crippen molar-refractivity contribution in [2.75, 3.05) is 52.5 Å². The van der Waals surface area contributed by atoms with Gasteiger partial charge in [0, 0.05) is 58.5 Å². The topological polar surface area (TPSA) is 30.5 Å². The summed E-state index contributed by atoms with van der Waals surface area (Å²) in [4.78, 5) is 5.09. The van der Waals surface area contributed by atoms with Crippen LogP contribution in [0.2, 0.25) is 0 Å². The first-order valence-corrected chi connectivity index (χ1v) is 6.84. The van der Waals surface area contributed by atoms with E-state index in [2.05, 4.69) is 40.4 Å². The third-order valence-corrected chi connectivity index (χ3v) is 3.95. The first-order valence-electron chi connectivity index (χ1n) is 6.84. The third-order valence-electron chi connectivity index (χ3n) is 3.95. The van der Waals surface area contributed by atoms with E-state index in [0.717, 1.165) is 32.8 Å². The van der Waals surface area contributed by atoms with Crippen LogP contribution in [0.3, 0.4) is 0 Å². The van der Waals surface area contributed by atoms with Gasteiger partial charge >= 0.3 is 0 Å². The highest BCUT2D eigenvalue weighted by Crippen LogP contribution is 2.13. The van der Waals surface area contributed by atoms with Crippen LogP contribution in [0.1, 0.15) is 13.8 Å². The van der Waals surface area contributed by atoms with Gasteiger partial charge in [-0.3, -0.25) is 9.80 Å². The third kappa shape index (κ3) is 3.52. The van der Waals surface area contributed by atoms with Gasteiger partial charge in [0.2, 0.25) is 0 Å². The number of hydrogen-bond acceptors (Lipinski definition) is 4. The average Bonchev–Trinajstić information content (AvgIpc) is 2.89. The standard InChI is InChI=1S/C13H26N4/c1-3-13(10-16-7-4-15-11-16)12(2)17-8-5-14-6-9-17/h3,12,14-15H,4-11H2,1-2H3/b13-3-. The van der Waals surface area contributed by atoms with Gasteiger partial charge in [0.15, 0.2) is 0 Å². The predicted molar refractivity (Wildman–Crippen MR) is 72.1 cm³/mol. The molecule has 0 spiro atoms. The van der Waals surface area contributed by atoms with Crippen LogP contribution in [0, 0.1) is 0 Å². The lowest BCUT2D eigenvalue weighted by molar-refractivity contribution is 0.196. The van der Waals surface area contributed by atoms with Crippen molar-refractivity contribution in [2.24, 2.45) is 0 Å². The molecular weight excluding hydrogens is 212 g/mol. The molecular formula is C13H26N4. The number of rotatable bonds is 4. The van der Waals surface area contributed by atoms with E-state index in [1.165, 1.54) is 19.6 Å². The van der Waals surface area contributed by atoms with Crippen LogP contribution in [0.15, 0.2) is 11.6 Å². The molecule has 0 aliphatic carbocycles. The van der Waals surface area contributed by atoms with E-state index in [1.54, 1.807) is 5.57 Å². The molecule has 2 heterocycles. The van der Waals surface area contributed by atoms with E-state index in [9.17, 15) is 0 Å². The molecule has 2 fully saturated rings. The fourth-order valence-electron chi connectivity index (χ4n) is 2.72. The van der Waals surface area contributed by atoms with Gasteiger partial charge in [0.25, 0.3) is 0 Å². The molecule has 2 rings (SSSR count). The van der Waals surface area contributed by atoms with Gasteiger partial charge in [0.05, 0.1) is 0 Å². The van der Waals surface area contributed by atoms with Crippen molar-refractivity contribution in [2.45, 2.75) is 19.9 Å². The Bertz CT molecular complexity index is 252. The molecule has 0 radical (unpaired) electrons. The first-order chi connectivity index (χ1) is 8.31. The van der Waals surface area contributed by atoms with E-state index in [1.807, 2.05) is 0 Å². The molecule has 2 aliphatic heterocycles. The summed E-state index contributed by atoms with van der Waals surface area (Å²) in [6.07, 6.45) is 2.31. The maximum absolute atomic E-state index is 3.42. The van der Waals surface area contributed by atoms with Gasteiger partial charge in [-0.2, -0.15) is 0 Å². The highest BCUT2D eigenvalue weighted by atomic mass is 15.3. The van der Waals surface area contributed by atoms with Crippen molar-refractivity contribution in [3.63, 3.8) is 0 Å². The summed E-state index contributed by atoms with van der Waals surface area (Å²) in [6, 6.07) is 0.586. The molecule has 0 amide bonds. The van der Waals surface area contributed by atoms with E-state index in [-0.39, 0.29) is 0 Å². The molecule has 4 nitrogen and oxygen atoms in total. The van der Waals surface area contributed by atoms with E-state index < -0.39 is 0 Å². The van der Waals surface area contributed by atoms with Gasteiger partial charge in [0.1, 0.15) is 0 Å². The summed E-state index contributed by atoms with van der Waals surface area (Å²) in [5.41, 5.74) is 1.57. The molecule has 17 heavy (non-hydrogen) atoms. The monoisotopic (exact) mass is 238 g/mol. The Labute approximate surface area is 105 Å². The molecule has 1 atom stereocenters. The molecule has 0 aromatic heterocycles. The smallest absolute Gasteiger partial charge is 0.0484 e. The fourth-order valence-corrected chi connectivity index (χ4v) is 2.72. The lowest BCUT2D eigenvalue weighted by atomic mass is 10.1. The van der Waals surface area contributed by atoms with Gasteiger partial charge in [-0.15, -0.1) is 0 Å². The molecule has 0 aromatic carbocycles. The summed E-state index contributed by atoms with van der Waals surface area (Å²) in [5.74, 6) is 0. The minimum atomic E-state index is 0.586. The molecule has 4 heteroatoms. The van der Waals surface area contributed by atoms with Crippen molar-refractivity contribution >= 4 is 0 Å². The van der Waals surface area contributed by atoms with E-state index in [4.69, 9.17) is 0 Å². The maximum atomic E-state index is 3.42. The Kier molecular flexibility index (Phi) is 4.98. The molecule has 0 saturated carbocycles. The predicted octanol–water partition coefficient (Wildman–Crippen LogP) is 0.0891. The first kappa shape index (κ1) is 13.0. The molecule has 2 N–H and O–H groups in total. The Balaban J connectivity index is 1.87. The number of hydrogen-bond donors (Lipinski definition) is 2. The second-order valence-corrected chi connectivity index (χ2v) is 5.04. The lowest BCUT2D eigenvalue weighted by Gasteiger charge is -2.35. The van der Waals surface area contributed by atoms with Crippen molar-refractivity contribution in [1.82, 2.24) is 20.4 Å². The van der Waals surface area contributed by atoms with E-state index in [0.29, 0.717) is 6.04 Å². The van der Waals surface area contributed by atoms with Crippen LogP contribution in [-0.2, 0) is 0 Å². The average molecular weight is 238 g/mol. The van der Waals surface area contributed by atoms with Gasteiger partial charge in [-0.25, -0.2) is 0 Å². The number of nitrogens with one attached hydrogen (secondary N) is 2. The van der Waals surface area contributed by atoms with Gasteiger partial charge in [-0.05, 0) is 19.4 Å². The Morgan fingerprint density at radius 2 is 1.88 bits per heavy atom. The van der Waals surface area contributed by atoms with Crippen LogP contribution in [0.5, 0.6) is 0 Å². The zero-order chi connectivity index (χ0) is 12.1. The molecule has 2 saturated heterocycles. The Morgan fingerprint density at radius 1 is 1.18 bits per heavy atom.